The third kappa shape index (κ3) is 4.17. The lowest BCUT2D eigenvalue weighted by Gasteiger charge is -2.69. The smallest absolute Gasteiger partial charge is 0.303 e. The van der Waals surface area contributed by atoms with E-state index in [1.807, 2.05) is 13.8 Å². The summed E-state index contributed by atoms with van der Waals surface area (Å²) in [6.45, 7) is 18.7. The summed E-state index contributed by atoms with van der Waals surface area (Å²) in [7, 11) is 0. The highest BCUT2D eigenvalue weighted by Crippen LogP contribution is 2.74. The molecule has 0 radical (unpaired) electrons. The van der Waals surface area contributed by atoms with Gasteiger partial charge in [-0.15, -0.1) is 0 Å². The number of allylic oxidation sites excluding steroid dienone is 1. The fourth-order valence-corrected chi connectivity index (χ4v) is 9.93. The van der Waals surface area contributed by atoms with Gasteiger partial charge in [0.25, 0.3) is 0 Å². The molecule has 0 aliphatic heterocycles. The number of carbonyl (C=O) groups excluding carboxylic acids is 3. The normalized spacial score (nSPS) is 40.5. The van der Waals surface area contributed by atoms with Gasteiger partial charge in [0, 0.05) is 24.7 Å². The van der Waals surface area contributed by atoms with E-state index < -0.39 is 18.2 Å². The lowest BCUT2D eigenvalue weighted by molar-refractivity contribution is -0.208. The van der Waals surface area contributed by atoms with Gasteiger partial charge < -0.3 is 9.84 Å². The van der Waals surface area contributed by atoms with Crippen LogP contribution in [0.25, 0.3) is 0 Å². The van der Waals surface area contributed by atoms with Crippen LogP contribution in [0.4, 0.5) is 0 Å². The molecule has 0 amide bonds. The molecule has 4 aliphatic carbocycles. The van der Waals surface area contributed by atoms with Gasteiger partial charge in [0.1, 0.15) is 5.78 Å². The molecule has 1 N–H and O–H groups in total. The van der Waals surface area contributed by atoms with Gasteiger partial charge in [-0.1, -0.05) is 66.5 Å². The topological polar surface area (TPSA) is 80.7 Å². The molecule has 37 heavy (non-hydrogen) atoms. The number of carbonyl (C=O) groups is 3. The first-order valence-corrected chi connectivity index (χ1v) is 14.7. The van der Waals surface area contributed by atoms with Crippen LogP contribution >= 0.6 is 0 Å². The minimum atomic E-state index is -0.722. The molecule has 0 aromatic rings. The maximum Gasteiger partial charge on any atom is 0.303 e. The second-order valence-corrected chi connectivity index (χ2v) is 14.5. The summed E-state index contributed by atoms with van der Waals surface area (Å²) in [6.07, 6.45) is 5.57. The highest BCUT2D eigenvalue weighted by atomic mass is 16.5. The molecular formula is C32H50O5. The second-order valence-electron chi connectivity index (χ2n) is 14.5. The van der Waals surface area contributed by atoms with Gasteiger partial charge in [0.2, 0.25) is 0 Å². The molecular weight excluding hydrogens is 464 g/mol. The molecule has 3 fully saturated rings. The van der Waals surface area contributed by atoms with Crippen molar-refractivity contribution in [3.63, 3.8) is 0 Å². The molecule has 0 aromatic heterocycles. The van der Waals surface area contributed by atoms with E-state index >= 15 is 0 Å². The van der Waals surface area contributed by atoms with Crippen molar-refractivity contribution in [1.82, 2.24) is 0 Å². The first-order valence-electron chi connectivity index (χ1n) is 14.7. The zero-order valence-corrected chi connectivity index (χ0v) is 24.7. The maximum absolute atomic E-state index is 12.9. The van der Waals surface area contributed by atoms with Crippen LogP contribution in [0, 0.1) is 45.3 Å². The second kappa shape index (κ2) is 9.31. The molecule has 0 bridgehead atoms. The van der Waals surface area contributed by atoms with Gasteiger partial charge in [-0.25, -0.2) is 0 Å². The third-order valence-electron chi connectivity index (χ3n) is 12.0. The Bertz CT molecular complexity index is 1010. The Labute approximate surface area is 224 Å². The first kappa shape index (κ1) is 28.5. The Kier molecular flexibility index (Phi) is 7.18. The van der Waals surface area contributed by atoms with Gasteiger partial charge in [0.15, 0.2) is 11.9 Å². The predicted octanol–water partition coefficient (Wildman–Crippen LogP) is 6.46. The van der Waals surface area contributed by atoms with Crippen LogP contribution in [0.5, 0.6) is 0 Å². The molecule has 8 atom stereocenters. The minimum Gasteiger partial charge on any atom is -0.455 e. The van der Waals surface area contributed by atoms with Gasteiger partial charge in [-0.3, -0.25) is 14.4 Å². The van der Waals surface area contributed by atoms with E-state index in [1.165, 1.54) is 18.1 Å². The van der Waals surface area contributed by atoms with Crippen molar-refractivity contribution < 1.29 is 24.2 Å². The van der Waals surface area contributed by atoms with Crippen LogP contribution in [0.2, 0.25) is 0 Å². The molecule has 4 aliphatic rings. The first-order chi connectivity index (χ1) is 17.0. The lowest BCUT2D eigenvalue weighted by atomic mass is 9.36. The number of ether oxygens (including phenoxy) is 1. The number of aliphatic hydroxyl groups is 1. The average molecular weight is 515 g/mol. The van der Waals surface area contributed by atoms with Crippen molar-refractivity contribution >= 4 is 17.5 Å². The van der Waals surface area contributed by atoms with Gasteiger partial charge in [0.05, 0.1) is 6.10 Å². The fraction of sp³-hybridized carbons (Fsp3) is 0.844. The standard InChI is InChI=1S/C32H50O5/c1-18(2)27(36)24(37-20(4)33)16-19(3)21-10-14-31(8)22(21)17-23(34)28-30(7)13-12-26(35)29(5,6)25(30)11-15-32(28,31)9/h18-19,23-25,28,34H,10-17H2,1-9H3/t19?,23-,24-,25-,28-,30-,31-,32-/m0/s1. The van der Waals surface area contributed by atoms with E-state index in [4.69, 9.17) is 4.74 Å². The lowest BCUT2D eigenvalue weighted by Crippen LogP contribution is -2.65. The molecule has 1 unspecified atom stereocenters. The molecule has 0 saturated heterocycles. The van der Waals surface area contributed by atoms with Crippen molar-refractivity contribution in [1.29, 1.82) is 0 Å². The van der Waals surface area contributed by atoms with Crippen LogP contribution < -0.4 is 0 Å². The number of esters is 1. The molecule has 208 valence electrons. The Morgan fingerprint density at radius 2 is 1.68 bits per heavy atom. The van der Waals surface area contributed by atoms with Gasteiger partial charge in [-0.05, 0) is 78.9 Å². The number of Topliss-reactive ketones (excluding diaryl/α,β-unsaturated/α-hetero) is 2. The van der Waals surface area contributed by atoms with E-state index in [1.54, 1.807) is 0 Å². The minimum absolute atomic E-state index is 0.0148. The Morgan fingerprint density at radius 3 is 2.27 bits per heavy atom. The summed E-state index contributed by atoms with van der Waals surface area (Å²) < 4.78 is 5.50. The molecule has 0 aromatic carbocycles. The summed E-state index contributed by atoms with van der Waals surface area (Å²) in [5, 5.41) is 11.9. The monoisotopic (exact) mass is 514 g/mol. The Balaban J connectivity index is 1.69. The van der Waals surface area contributed by atoms with Crippen LogP contribution in [0.1, 0.15) is 114 Å². The highest BCUT2D eigenvalue weighted by molar-refractivity contribution is 5.87. The largest absolute Gasteiger partial charge is 0.455 e. The molecule has 0 heterocycles. The van der Waals surface area contributed by atoms with Gasteiger partial charge in [-0.2, -0.15) is 0 Å². The van der Waals surface area contributed by atoms with E-state index in [9.17, 15) is 19.5 Å². The van der Waals surface area contributed by atoms with E-state index in [0.29, 0.717) is 31.0 Å². The summed E-state index contributed by atoms with van der Waals surface area (Å²) in [6, 6.07) is 0. The van der Waals surface area contributed by atoms with Crippen molar-refractivity contribution in [3.05, 3.63) is 11.1 Å². The van der Waals surface area contributed by atoms with Crippen molar-refractivity contribution in [2.75, 3.05) is 0 Å². The quantitative estimate of drug-likeness (QED) is 0.325. The van der Waals surface area contributed by atoms with Crippen molar-refractivity contribution in [2.45, 2.75) is 126 Å². The number of rotatable bonds is 6. The van der Waals surface area contributed by atoms with Crippen molar-refractivity contribution in [3.8, 4) is 0 Å². The Morgan fingerprint density at radius 1 is 1.03 bits per heavy atom. The maximum atomic E-state index is 12.9. The number of fused-ring (bicyclic) bond motifs is 5. The van der Waals surface area contributed by atoms with Crippen LogP contribution in [-0.2, 0) is 19.1 Å². The van der Waals surface area contributed by atoms with Crippen LogP contribution in [-0.4, -0.2) is 34.9 Å². The van der Waals surface area contributed by atoms with Crippen molar-refractivity contribution in [2.24, 2.45) is 45.3 Å². The summed E-state index contributed by atoms with van der Waals surface area (Å²) in [5.41, 5.74) is 2.29. The zero-order chi connectivity index (χ0) is 27.7. The third-order valence-corrected chi connectivity index (χ3v) is 12.0. The van der Waals surface area contributed by atoms with E-state index in [-0.39, 0.29) is 45.2 Å². The summed E-state index contributed by atoms with van der Waals surface area (Å²) >= 11 is 0. The number of aliphatic hydroxyl groups excluding tert-OH is 1. The summed E-state index contributed by atoms with van der Waals surface area (Å²) in [5.74, 6) is 0.314. The predicted molar refractivity (Wildman–Crippen MR) is 145 cm³/mol. The molecule has 5 nitrogen and oxygen atoms in total. The number of ketones is 2. The fourth-order valence-electron chi connectivity index (χ4n) is 9.93. The highest BCUT2D eigenvalue weighted by Gasteiger charge is 2.69. The van der Waals surface area contributed by atoms with Crippen LogP contribution in [0.15, 0.2) is 11.1 Å². The Hall–Kier alpha value is -1.49. The van der Waals surface area contributed by atoms with E-state index in [2.05, 4.69) is 41.5 Å². The molecule has 0 spiro atoms. The molecule has 5 heteroatoms. The molecule has 4 rings (SSSR count). The zero-order valence-electron chi connectivity index (χ0n) is 24.7. The average Bonchev–Trinajstić information content (AvgIpc) is 3.13. The van der Waals surface area contributed by atoms with Gasteiger partial charge >= 0.3 is 5.97 Å². The van der Waals surface area contributed by atoms with E-state index in [0.717, 1.165) is 32.1 Å². The number of hydrogen-bond donors (Lipinski definition) is 1. The SMILES string of the molecule is CC(=O)O[C@@H](CC(C)C1=C2C[C@H](O)[C@H]3[C@@]4(C)CCC(=O)C(C)(C)[C@@H]4CC[C@]3(C)[C@@]2(C)CC1)C(=O)C(C)C. The number of hydrogen-bond acceptors (Lipinski definition) is 5. The molecule has 3 saturated carbocycles. The summed E-state index contributed by atoms with van der Waals surface area (Å²) in [4.78, 5) is 37.5. The van der Waals surface area contributed by atoms with Crippen LogP contribution in [0.3, 0.4) is 0 Å².